The van der Waals surface area contributed by atoms with Gasteiger partial charge in [-0.2, -0.15) is 0 Å². The van der Waals surface area contributed by atoms with Gasteiger partial charge in [-0.15, -0.1) is 0 Å². The van der Waals surface area contributed by atoms with Gasteiger partial charge in [-0.3, -0.25) is 9.69 Å². The maximum absolute atomic E-state index is 14.7. The SMILES string of the molecule is CC[Si](C)(C)c1c(F)cc(NC(=O)[C@@H]2c3ccc(OC)nc3CCN2C(=O)O)cc1F. The number of aromatic nitrogens is 1. The highest BCUT2D eigenvalue weighted by Crippen LogP contribution is 2.31. The predicted molar refractivity (Wildman–Crippen MR) is 115 cm³/mol. The van der Waals surface area contributed by atoms with Crippen LogP contribution in [0.3, 0.4) is 0 Å². The molecule has 1 aromatic carbocycles. The first-order valence-electron chi connectivity index (χ1n) is 9.92. The number of anilines is 1. The Morgan fingerprint density at radius 1 is 1.29 bits per heavy atom. The van der Waals surface area contributed by atoms with Crippen LogP contribution >= 0.6 is 0 Å². The van der Waals surface area contributed by atoms with Gasteiger partial charge in [-0.25, -0.2) is 18.6 Å². The molecule has 3 rings (SSSR count). The Morgan fingerprint density at radius 3 is 2.48 bits per heavy atom. The second-order valence-corrected chi connectivity index (χ2v) is 13.0. The smallest absolute Gasteiger partial charge is 0.408 e. The molecule has 31 heavy (non-hydrogen) atoms. The molecule has 10 heteroatoms. The summed E-state index contributed by atoms with van der Waals surface area (Å²) >= 11 is 0. The standard InChI is InChI=1S/C21H25F2N3O4Si/c1-5-31(3,4)19-14(22)10-12(11-15(19)23)24-20(27)18-13-6-7-17(30-2)25-16(13)8-9-26(18)21(28)29/h6-7,10-11,18H,5,8-9H2,1-4H3,(H,24,27)(H,28,29)/t18-/m0/s1. The quantitative estimate of drug-likeness (QED) is 0.682. The number of rotatable bonds is 5. The summed E-state index contributed by atoms with van der Waals surface area (Å²) in [6.45, 7) is 5.69. The molecule has 0 saturated heterocycles. The van der Waals surface area contributed by atoms with Crippen molar-refractivity contribution in [2.75, 3.05) is 19.0 Å². The molecule has 2 N–H and O–H groups in total. The summed E-state index contributed by atoms with van der Waals surface area (Å²) in [4.78, 5) is 30.1. The van der Waals surface area contributed by atoms with Crippen LogP contribution in [0.2, 0.25) is 19.1 Å². The van der Waals surface area contributed by atoms with Crippen LogP contribution in [0.25, 0.3) is 0 Å². The van der Waals surface area contributed by atoms with Crippen LogP contribution in [-0.4, -0.2) is 48.7 Å². The Hall–Kier alpha value is -3.01. The van der Waals surface area contributed by atoms with Crippen LogP contribution in [0.15, 0.2) is 24.3 Å². The second kappa shape index (κ2) is 8.62. The summed E-state index contributed by atoms with van der Waals surface area (Å²) in [6, 6.07) is 4.75. The molecular weight excluding hydrogens is 424 g/mol. The molecular formula is C21H25F2N3O4Si. The lowest BCUT2D eigenvalue weighted by Crippen LogP contribution is -2.46. The molecule has 0 unspecified atom stereocenters. The lowest BCUT2D eigenvalue weighted by Gasteiger charge is -2.33. The Kier molecular flexibility index (Phi) is 6.30. The van der Waals surface area contributed by atoms with Crippen molar-refractivity contribution in [3.63, 3.8) is 0 Å². The zero-order chi connectivity index (χ0) is 22.9. The van der Waals surface area contributed by atoms with E-state index in [1.165, 1.54) is 13.2 Å². The largest absolute Gasteiger partial charge is 0.481 e. The van der Waals surface area contributed by atoms with Gasteiger partial charge in [0.15, 0.2) is 0 Å². The number of hydrogen-bond acceptors (Lipinski definition) is 4. The van der Waals surface area contributed by atoms with Crippen molar-refractivity contribution in [3.8, 4) is 5.88 Å². The van der Waals surface area contributed by atoms with Crippen molar-refractivity contribution in [1.29, 1.82) is 0 Å². The molecule has 0 spiro atoms. The van der Waals surface area contributed by atoms with Crippen molar-refractivity contribution in [2.24, 2.45) is 0 Å². The number of carbonyl (C=O) groups is 2. The Labute approximate surface area is 180 Å². The highest BCUT2D eigenvalue weighted by atomic mass is 28.3. The third-order valence-corrected chi connectivity index (χ3v) is 9.35. The maximum atomic E-state index is 14.7. The molecule has 2 aromatic rings. The van der Waals surface area contributed by atoms with Gasteiger partial charge < -0.3 is 15.2 Å². The highest BCUT2D eigenvalue weighted by molar-refractivity contribution is 6.89. The number of pyridine rings is 1. The van der Waals surface area contributed by atoms with Gasteiger partial charge >= 0.3 is 6.09 Å². The van der Waals surface area contributed by atoms with E-state index in [4.69, 9.17) is 4.74 Å². The summed E-state index contributed by atoms with van der Waals surface area (Å²) in [7, 11) is -0.830. The number of nitrogens with one attached hydrogen (secondary N) is 1. The summed E-state index contributed by atoms with van der Waals surface area (Å²) in [6.07, 6.45) is -0.956. The normalized spacial score (nSPS) is 15.9. The molecule has 2 heterocycles. The third kappa shape index (κ3) is 4.39. The number of halogens is 2. The molecule has 0 fully saturated rings. The molecule has 0 aliphatic carbocycles. The minimum atomic E-state index is -2.29. The van der Waals surface area contributed by atoms with Crippen molar-refractivity contribution < 1.29 is 28.2 Å². The van der Waals surface area contributed by atoms with Gasteiger partial charge in [-0.1, -0.05) is 26.1 Å². The van der Waals surface area contributed by atoms with Gasteiger partial charge in [0.05, 0.1) is 20.9 Å². The number of amides is 2. The van der Waals surface area contributed by atoms with E-state index in [1.54, 1.807) is 6.07 Å². The molecule has 0 saturated carbocycles. The molecule has 0 radical (unpaired) electrons. The van der Waals surface area contributed by atoms with E-state index in [-0.39, 0.29) is 17.4 Å². The van der Waals surface area contributed by atoms with E-state index < -0.39 is 37.8 Å². The van der Waals surface area contributed by atoms with Crippen molar-refractivity contribution in [2.45, 2.75) is 38.5 Å². The number of methoxy groups -OCH3 is 1. The molecule has 7 nitrogen and oxygen atoms in total. The minimum absolute atomic E-state index is 0.0541. The first-order valence-corrected chi connectivity index (χ1v) is 13.1. The van der Waals surface area contributed by atoms with Crippen molar-refractivity contribution >= 4 is 30.9 Å². The van der Waals surface area contributed by atoms with Gasteiger partial charge in [0.25, 0.3) is 5.91 Å². The first-order chi connectivity index (χ1) is 14.6. The van der Waals surface area contributed by atoms with E-state index in [9.17, 15) is 23.5 Å². The van der Waals surface area contributed by atoms with Crippen LogP contribution in [0.5, 0.6) is 5.88 Å². The zero-order valence-electron chi connectivity index (χ0n) is 17.8. The van der Waals surface area contributed by atoms with Gasteiger partial charge in [0.2, 0.25) is 5.88 Å². The van der Waals surface area contributed by atoms with E-state index in [1.807, 2.05) is 20.0 Å². The second-order valence-electron chi connectivity index (χ2n) is 8.06. The van der Waals surface area contributed by atoms with Crippen LogP contribution < -0.4 is 15.2 Å². The van der Waals surface area contributed by atoms with Crippen LogP contribution in [0.1, 0.15) is 24.2 Å². The van der Waals surface area contributed by atoms with Gasteiger partial charge in [0.1, 0.15) is 17.7 Å². The average molecular weight is 450 g/mol. The molecule has 166 valence electrons. The van der Waals surface area contributed by atoms with Crippen LogP contribution in [0.4, 0.5) is 19.3 Å². The van der Waals surface area contributed by atoms with E-state index in [2.05, 4.69) is 10.3 Å². The molecule has 1 aliphatic rings. The third-order valence-electron chi connectivity index (χ3n) is 5.75. The number of carbonyl (C=O) groups excluding carboxylic acids is 1. The summed E-state index contributed by atoms with van der Waals surface area (Å²) in [5.74, 6) is -1.78. The summed E-state index contributed by atoms with van der Waals surface area (Å²) < 4.78 is 34.6. The van der Waals surface area contributed by atoms with Gasteiger partial charge in [0, 0.05) is 35.5 Å². The summed E-state index contributed by atoms with van der Waals surface area (Å²) in [5, 5.41) is 12.1. The fraction of sp³-hybridized carbons (Fsp3) is 0.381. The lowest BCUT2D eigenvalue weighted by atomic mass is 9.96. The van der Waals surface area contributed by atoms with Crippen molar-refractivity contribution in [3.05, 3.63) is 47.2 Å². The van der Waals surface area contributed by atoms with Crippen LogP contribution in [0, 0.1) is 11.6 Å². The lowest BCUT2D eigenvalue weighted by molar-refractivity contribution is -0.121. The minimum Gasteiger partial charge on any atom is -0.481 e. The van der Waals surface area contributed by atoms with E-state index in [0.29, 0.717) is 29.6 Å². The van der Waals surface area contributed by atoms with E-state index in [0.717, 1.165) is 17.0 Å². The molecule has 1 atom stereocenters. The van der Waals surface area contributed by atoms with Gasteiger partial charge in [-0.05, 0) is 18.2 Å². The summed E-state index contributed by atoms with van der Waals surface area (Å²) in [5.41, 5.74) is 0.882. The molecule has 1 aromatic heterocycles. The molecule has 2 amide bonds. The van der Waals surface area contributed by atoms with E-state index >= 15 is 0 Å². The number of nitrogens with zero attached hydrogens (tertiary/aromatic N) is 2. The maximum Gasteiger partial charge on any atom is 0.408 e. The number of benzene rings is 1. The zero-order valence-corrected chi connectivity index (χ0v) is 18.8. The Morgan fingerprint density at radius 2 is 1.94 bits per heavy atom. The number of carboxylic acid groups (broad SMARTS) is 1. The number of hydrogen-bond donors (Lipinski definition) is 2. The topological polar surface area (TPSA) is 91.8 Å². The molecule has 1 aliphatic heterocycles. The predicted octanol–water partition coefficient (Wildman–Crippen LogP) is 3.52. The highest BCUT2D eigenvalue weighted by Gasteiger charge is 2.37. The van der Waals surface area contributed by atoms with Crippen molar-refractivity contribution in [1.82, 2.24) is 9.88 Å². The fourth-order valence-corrected chi connectivity index (χ4v) is 5.54. The average Bonchev–Trinajstić information content (AvgIpc) is 2.71. The fourth-order valence-electron chi connectivity index (χ4n) is 3.75. The molecule has 0 bridgehead atoms. The number of ether oxygens (including phenoxy) is 1. The Balaban J connectivity index is 1.96. The first kappa shape index (κ1) is 22.7. The Bertz CT molecular complexity index is 1010. The van der Waals surface area contributed by atoms with Crippen LogP contribution in [-0.2, 0) is 11.2 Å². The monoisotopic (exact) mass is 449 g/mol. The number of fused-ring (bicyclic) bond motifs is 1.